The molecule has 8 nitrogen and oxygen atoms in total. The van der Waals surface area contributed by atoms with Gasteiger partial charge in [0.15, 0.2) is 0 Å². The molecule has 0 fully saturated rings. The minimum absolute atomic E-state index is 0.0837. The maximum Gasteiger partial charge on any atom is 0.403 e. The third-order valence-corrected chi connectivity index (χ3v) is 4.66. The first kappa shape index (κ1) is 18.8. The van der Waals surface area contributed by atoms with Crippen LogP contribution in [-0.4, -0.2) is 37.6 Å². The van der Waals surface area contributed by atoms with E-state index in [1.54, 1.807) is 36.4 Å². The SMILES string of the molecule is CC(C)c1nc(C(=O)ON2C(=O)c3ccccc3C2=O)nn1-c1ccccc1Cl. The molecule has 0 bridgehead atoms. The molecule has 0 unspecified atom stereocenters. The second kappa shape index (κ2) is 7.14. The summed E-state index contributed by atoms with van der Waals surface area (Å²) in [6, 6.07) is 13.2. The second-order valence-electron chi connectivity index (χ2n) is 6.64. The fourth-order valence-corrected chi connectivity index (χ4v) is 3.17. The van der Waals surface area contributed by atoms with Gasteiger partial charge in [-0.25, -0.2) is 14.5 Å². The van der Waals surface area contributed by atoms with Gasteiger partial charge in [-0.15, -0.1) is 5.10 Å². The average molecular weight is 411 g/mol. The summed E-state index contributed by atoms with van der Waals surface area (Å²) < 4.78 is 1.45. The van der Waals surface area contributed by atoms with Gasteiger partial charge in [0.2, 0.25) is 0 Å². The summed E-state index contributed by atoms with van der Waals surface area (Å²) >= 11 is 6.25. The summed E-state index contributed by atoms with van der Waals surface area (Å²) in [5.74, 6) is -2.34. The number of benzene rings is 2. The van der Waals surface area contributed by atoms with Gasteiger partial charge in [0.05, 0.1) is 21.8 Å². The highest BCUT2D eigenvalue weighted by molar-refractivity contribution is 6.32. The number of hydroxylamine groups is 2. The van der Waals surface area contributed by atoms with Gasteiger partial charge < -0.3 is 4.84 Å². The van der Waals surface area contributed by atoms with E-state index >= 15 is 0 Å². The number of fused-ring (bicyclic) bond motifs is 1. The number of hydrogen-bond donors (Lipinski definition) is 0. The van der Waals surface area contributed by atoms with Crippen LogP contribution in [0.25, 0.3) is 5.69 Å². The quantitative estimate of drug-likeness (QED) is 0.612. The lowest BCUT2D eigenvalue weighted by Crippen LogP contribution is -2.33. The van der Waals surface area contributed by atoms with Crippen molar-refractivity contribution >= 4 is 29.4 Å². The Kier molecular flexibility index (Phi) is 4.63. The monoisotopic (exact) mass is 410 g/mol. The number of carbonyl (C=O) groups excluding carboxylic acids is 3. The molecule has 0 saturated carbocycles. The molecule has 9 heteroatoms. The molecule has 2 aromatic carbocycles. The lowest BCUT2D eigenvalue weighted by Gasteiger charge is -2.10. The van der Waals surface area contributed by atoms with E-state index in [-0.39, 0.29) is 22.9 Å². The first-order valence-electron chi connectivity index (χ1n) is 8.80. The molecule has 3 aromatic rings. The van der Waals surface area contributed by atoms with E-state index in [9.17, 15) is 14.4 Å². The van der Waals surface area contributed by atoms with E-state index in [1.165, 1.54) is 16.8 Å². The molecule has 0 spiro atoms. The zero-order chi connectivity index (χ0) is 20.7. The molecule has 146 valence electrons. The Labute approximate surface area is 170 Å². The summed E-state index contributed by atoms with van der Waals surface area (Å²) in [6.45, 7) is 3.77. The normalized spacial score (nSPS) is 13.2. The van der Waals surface area contributed by atoms with Crippen LogP contribution in [0.3, 0.4) is 0 Å². The Balaban J connectivity index is 1.65. The van der Waals surface area contributed by atoms with Crippen molar-refractivity contribution < 1.29 is 19.2 Å². The fraction of sp³-hybridized carbons (Fsp3) is 0.150. The summed E-state index contributed by atoms with van der Waals surface area (Å²) in [4.78, 5) is 46.7. The predicted molar refractivity (Wildman–Crippen MR) is 103 cm³/mol. The molecular weight excluding hydrogens is 396 g/mol. The van der Waals surface area contributed by atoms with Crippen LogP contribution < -0.4 is 0 Å². The highest BCUT2D eigenvalue weighted by Gasteiger charge is 2.39. The third-order valence-electron chi connectivity index (χ3n) is 4.34. The largest absolute Gasteiger partial charge is 0.403 e. The lowest BCUT2D eigenvalue weighted by atomic mass is 10.1. The number of imide groups is 1. The Morgan fingerprint density at radius 2 is 1.59 bits per heavy atom. The van der Waals surface area contributed by atoms with Crippen LogP contribution in [-0.2, 0) is 4.84 Å². The molecule has 0 saturated heterocycles. The number of para-hydroxylation sites is 1. The highest BCUT2D eigenvalue weighted by Crippen LogP contribution is 2.25. The maximum absolute atomic E-state index is 12.6. The molecule has 0 radical (unpaired) electrons. The molecule has 2 heterocycles. The van der Waals surface area contributed by atoms with Gasteiger partial charge in [0, 0.05) is 5.92 Å². The van der Waals surface area contributed by atoms with Crippen LogP contribution in [0.5, 0.6) is 0 Å². The van der Waals surface area contributed by atoms with Gasteiger partial charge in [-0.1, -0.05) is 54.8 Å². The molecule has 1 aliphatic rings. The Hall–Kier alpha value is -3.52. The minimum atomic E-state index is -1.02. The van der Waals surface area contributed by atoms with Gasteiger partial charge in [-0.3, -0.25) is 9.59 Å². The van der Waals surface area contributed by atoms with E-state index in [0.717, 1.165) is 0 Å². The molecular formula is C20H15ClN4O4. The molecule has 2 amide bonds. The van der Waals surface area contributed by atoms with Gasteiger partial charge in [-0.2, -0.15) is 0 Å². The molecule has 4 rings (SSSR count). The summed E-state index contributed by atoms with van der Waals surface area (Å²) in [6.07, 6.45) is 0. The van der Waals surface area contributed by atoms with Crippen LogP contribution >= 0.6 is 11.6 Å². The molecule has 1 aromatic heterocycles. The number of nitrogens with zero attached hydrogens (tertiary/aromatic N) is 4. The first-order valence-corrected chi connectivity index (χ1v) is 9.18. The van der Waals surface area contributed by atoms with Crippen molar-refractivity contribution in [3.63, 3.8) is 0 Å². The molecule has 0 aliphatic carbocycles. The summed E-state index contributed by atoms with van der Waals surface area (Å²) in [7, 11) is 0. The highest BCUT2D eigenvalue weighted by atomic mass is 35.5. The van der Waals surface area contributed by atoms with Crippen molar-refractivity contribution in [2.45, 2.75) is 19.8 Å². The third kappa shape index (κ3) is 3.17. The van der Waals surface area contributed by atoms with Crippen LogP contribution in [0.2, 0.25) is 5.02 Å². The van der Waals surface area contributed by atoms with Crippen LogP contribution in [0.4, 0.5) is 0 Å². The number of halogens is 1. The first-order chi connectivity index (χ1) is 13.9. The number of amides is 2. The number of carbonyl (C=O) groups is 3. The van der Waals surface area contributed by atoms with Gasteiger partial charge in [-0.05, 0) is 24.3 Å². The van der Waals surface area contributed by atoms with Crippen molar-refractivity contribution in [1.29, 1.82) is 0 Å². The average Bonchev–Trinajstić information content (AvgIpc) is 3.25. The standard InChI is InChI=1S/C20H15ClN4O4/c1-11(2)17-22-16(23-24(17)15-10-6-5-9-14(15)21)20(28)29-25-18(26)12-7-3-4-8-13(12)19(25)27/h3-11H,1-2H3. The number of hydrogen-bond acceptors (Lipinski definition) is 6. The Morgan fingerprint density at radius 1 is 1.00 bits per heavy atom. The molecule has 29 heavy (non-hydrogen) atoms. The predicted octanol–water partition coefficient (Wildman–Crippen LogP) is 3.41. The van der Waals surface area contributed by atoms with Gasteiger partial charge in [0.1, 0.15) is 5.82 Å². The zero-order valence-corrected chi connectivity index (χ0v) is 16.3. The van der Waals surface area contributed by atoms with Crippen molar-refractivity contribution in [2.24, 2.45) is 0 Å². The van der Waals surface area contributed by atoms with Crippen LogP contribution in [0, 0.1) is 0 Å². The van der Waals surface area contributed by atoms with Crippen molar-refractivity contribution in [3.8, 4) is 5.69 Å². The smallest absolute Gasteiger partial charge is 0.321 e. The zero-order valence-electron chi connectivity index (χ0n) is 15.5. The van der Waals surface area contributed by atoms with Crippen molar-refractivity contribution in [3.05, 3.63) is 76.3 Å². The Bertz CT molecular complexity index is 1120. The maximum atomic E-state index is 12.6. The number of rotatable bonds is 4. The molecule has 0 N–H and O–H groups in total. The summed E-state index contributed by atoms with van der Waals surface area (Å²) in [5.41, 5.74) is 0.885. The van der Waals surface area contributed by atoms with Crippen LogP contribution in [0.1, 0.15) is 56.9 Å². The van der Waals surface area contributed by atoms with E-state index in [1.807, 2.05) is 13.8 Å². The van der Waals surface area contributed by atoms with E-state index < -0.39 is 17.8 Å². The Morgan fingerprint density at radius 3 is 2.17 bits per heavy atom. The summed E-state index contributed by atoms with van der Waals surface area (Å²) in [5, 5.41) is 5.06. The van der Waals surface area contributed by atoms with E-state index in [0.29, 0.717) is 21.6 Å². The lowest BCUT2D eigenvalue weighted by molar-refractivity contribution is -0.0592. The second-order valence-corrected chi connectivity index (χ2v) is 7.05. The fourth-order valence-electron chi connectivity index (χ4n) is 2.96. The van der Waals surface area contributed by atoms with Crippen LogP contribution in [0.15, 0.2) is 48.5 Å². The molecule has 0 atom stereocenters. The van der Waals surface area contributed by atoms with Crippen molar-refractivity contribution in [2.75, 3.05) is 0 Å². The van der Waals surface area contributed by atoms with Gasteiger partial charge in [0.25, 0.3) is 17.6 Å². The van der Waals surface area contributed by atoms with E-state index in [2.05, 4.69) is 10.1 Å². The minimum Gasteiger partial charge on any atom is -0.321 e. The number of aromatic nitrogens is 3. The topological polar surface area (TPSA) is 94.4 Å². The molecule has 1 aliphatic heterocycles. The van der Waals surface area contributed by atoms with E-state index in [4.69, 9.17) is 16.4 Å². The van der Waals surface area contributed by atoms with Gasteiger partial charge >= 0.3 is 5.97 Å². The van der Waals surface area contributed by atoms with Crippen molar-refractivity contribution in [1.82, 2.24) is 19.8 Å².